The second-order valence-corrected chi connectivity index (χ2v) is 7.91. The lowest BCUT2D eigenvalue weighted by molar-refractivity contribution is 0.252. The summed E-state index contributed by atoms with van der Waals surface area (Å²) in [5, 5.41) is 22.5. The lowest BCUT2D eigenvalue weighted by Gasteiger charge is -2.25. The standard InChI is InChI=1S/C14H24N2O4S/c1-14(2,3)15-8-11(9-17)10-5-6-13(18)12(7-10)16-21(4,19)20/h5-7,11,15-18H,8-9H2,1-4H3. The molecule has 0 bridgehead atoms. The topological polar surface area (TPSA) is 98.7 Å². The number of phenols is 1. The number of aliphatic hydroxyl groups is 1. The van der Waals surface area contributed by atoms with Crippen LogP contribution in [-0.4, -0.2) is 43.6 Å². The van der Waals surface area contributed by atoms with Crippen molar-refractivity contribution in [2.75, 3.05) is 24.1 Å². The fraction of sp³-hybridized carbons (Fsp3) is 0.571. The Kier molecular flexibility index (Phi) is 5.61. The van der Waals surface area contributed by atoms with Crippen LogP contribution in [0.4, 0.5) is 5.69 Å². The first kappa shape index (κ1) is 17.7. The molecule has 7 heteroatoms. The molecule has 0 aliphatic heterocycles. The zero-order chi connectivity index (χ0) is 16.3. The number of anilines is 1. The number of benzene rings is 1. The summed E-state index contributed by atoms with van der Waals surface area (Å²) < 4.78 is 24.8. The molecule has 120 valence electrons. The van der Waals surface area contributed by atoms with Crippen LogP contribution in [0.2, 0.25) is 0 Å². The Labute approximate surface area is 126 Å². The van der Waals surface area contributed by atoms with E-state index in [4.69, 9.17) is 0 Å². The van der Waals surface area contributed by atoms with Crippen molar-refractivity contribution in [3.8, 4) is 5.75 Å². The van der Waals surface area contributed by atoms with Crippen LogP contribution < -0.4 is 10.0 Å². The van der Waals surface area contributed by atoms with Crippen LogP contribution in [0.25, 0.3) is 0 Å². The lowest BCUT2D eigenvalue weighted by atomic mass is 9.97. The maximum atomic E-state index is 11.3. The van der Waals surface area contributed by atoms with Crippen LogP contribution in [-0.2, 0) is 10.0 Å². The van der Waals surface area contributed by atoms with E-state index in [-0.39, 0.29) is 29.5 Å². The van der Waals surface area contributed by atoms with E-state index >= 15 is 0 Å². The maximum absolute atomic E-state index is 11.3. The smallest absolute Gasteiger partial charge is 0.229 e. The van der Waals surface area contributed by atoms with Crippen molar-refractivity contribution in [3.63, 3.8) is 0 Å². The molecule has 1 aromatic rings. The summed E-state index contributed by atoms with van der Waals surface area (Å²) >= 11 is 0. The molecule has 0 saturated carbocycles. The summed E-state index contributed by atoms with van der Waals surface area (Å²) in [6.07, 6.45) is 1.02. The molecule has 0 saturated heterocycles. The molecule has 0 aliphatic rings. The molecule has 0 fully saturated rings. The predicted molar refractivity (Wildman–Crippen MR) is 84.2 cm³/mol. The van der Waals surface area contributed by atoms with Crippen molar-refractivity contribution in [3.05, 3.63) is 23.8 Å². The second-order valence-electron chi connectivity index (χ2n) is 6.16. The average molecular weight is 316 g/mol. The lowest BCUT2D eigenvalue weighted by Crippen LogP contribution is -2.39. The summed E-state index contributed by atoms with van der Waals surface area (Å²) in [6.45, 7) is 6.54. The van der Waals surface area contributed by atoms with E-state index in [0.717, 1.165) is 11.8 Å². The average Bonchev–Trinajstić information content (AvgIpc) is 2.30. The molecular formula is C14H24N2O4S. The highest BCUT2D eigenvalue weighted by atomic mass is 32.2. The van der Waals surface area contributed by atoms with E-state index in [0.29, 0.717) is 6.54 Å². The molecule has 0 amide bonds. The van der Waals surface area contributed by atoms with E-state index < -0.39 is 10.0 Å². The molecule has 0 heterocycles. The molecule has 0 radical (unpaired) electrons. The SMILES string of the molecule is CC(C)(C)NCC(CO)c1ccc(O)c(NS(C)(=O)=O)c1. The van der Waals surface area contributed by atoms with Gasteiger partial charge in [0.2, 0.25) is 10.0 Å². The van der Waals surface area contributed by atoms with Crippen LogP contribution in [0, 0.1) is 0 Å². The van der Waals surface area contributed by atoms with Crippen LogP contribution >= 0.6 is 0 Å². The van der Waals surface area contributed by atoms with E-state index in [2.05, 4.69) is 10.0 Å². The van der Waals surface area contributed by atoms with Gasteiger partial charge in [-0.1, -0.05) is 6.07 Å². The van der Waals surface area contributed by atoms with Gasteiger partial charge in [0.05, 0.1) is 18.6 Å². The summed E-state index contributed by atoms with van der Waals surface area (Å²) in [5.41, 5.74) is 0.778. The highest BCUT2D eigenvalue weighted by Crippen LogP contribution is 2.28. The monoisotopic (exact) mass is 316 g/mol. The van der Waals surface area contributed by atoms with Crippen molar-refractivity contribution in [2.45, 2.75) is 32.2 Å². The summed E-state index contributed by atoms with van der Waals surface area (Å²) in [7, 11) is -3.47. The first-order valence-corrected chi connectivity index (χ1v) is 8.57. The van der Waals surface area contributed by atoms with Crippen LogP contribution in [0.1, 0.15) is 32.3 Å². The summed E-state index contributed by atoms with van der Waals surface area (Å²) in [5.74, 6) is -0.338. The molecule has 1 atom stereocenters. The molecular weight excluding hydrogens is 292 g/mol. The number of hydrogen-bond acceptors (Lipinski definition) is 5. The van der Waals surface area contributed by atoms with Gasteiger partial charge in [-0.25, -0.2) is 8.42 Å². The molecule has 1 unspecified atom stereocenters. The Morgan fingerprint density at radius 1 is 1.29 bits per heavy atom. The minimum atomic E-state index is -3.47. The number of rotatable bonds is 6. The summed E-state index contributed by atoms with van der Waals surface area (Å²) in [6, 6.07) is 4.64. The normalized spacial score (nSPS) is 14.0. The third kappa shape index (κ3) is 6.33. The predicted octanol–water partition coefficient (Wildman–Crippen LogP) is 1.23. The summed E-state index contributed by atoms with van der Waals surface area (Å²) in [4.78, 5) is 0. The van der Waals surface area contributed by atoms with Crippen molar-refractivity contribution in [2.24, 2.45) is 0 Å². The van der Waals surface area contributed by atoms with Crippen LogP contribution in [0.15, 0.2) is 18.2 Å². The first-order chi connectivity index (χ1) is 9.52. The van der Waals surface area contributed by atoms with Crippen LogP contribution in [0.5, 0.6) is 5.75 Å². The Morgan fingerprint density at radius 2 is 1.90 bits per heavy atom. The van der Waals surface area contributed by atoms with Crippen molar-refractivity contribution < 1.29 is 18.6 Å². The molecule has 0 spiro atoms. The van der Waals surface area contributed by atoms with E-state index in [1.165, 1.54) is 6.07 Å². The largest absolute Gasteiger partial charge is 0.506 e. The molecule has 21 heavy (non-hydrogen) atoms. The van der Waals surface area contributed by atoms with E-state index in [1.807, 2.05) is 20.8 Å². The third-order valence-electron chi connectivity index (χ3n) is 2.89. The van der Waals surface area contributed by atoms with Gasteiger partial charge in [-0.05, 0) is 38.5 Å². The van der Waals surface area contributed by atoms with Crippen molar-refractivity contribution >= 4 is 15.7 Å². The van der Waals surface area contributed by atoms with Gasteiger partial charge in [-0.2, -0.15) is 0 Å². The van der Waals surface area contributed by atoms with Crippen molar-refractivity contribution in [1.82, 2.24) is 5.32 Å². The maximum Gasteiger partial charge on any atom is 0.229 e. The molecule has 1 aromatic carbocycles. The second kappa shape index (κ2) is 6.64. The van der Waals surface area contributed by atoms with Crippen LogP contribution in [0.3, 0.4) is 0 Å². The zero-order valence-corrected chi connectivity index (χ0v) is 13.7. The quantitative estimate of drug-likeness (QED) is 0.592. The van der Waals surface area contributed by atoms with E-state index in [9.17, 15) is 18.6 Å². The molecule has 4 N–H and O–H groups in total. The number of nitrogens with one attached hydrogen (secondary N) is 2. The Hall–Kier alpha value is -1.31. The Morgan fingerprint density at radius 3 is 2.38 bits per heavy atom. The first-order valence-electron chi connectivity index (χ1n) is 6.68. The number of aliphatic hydroxyl groups excluding tert-OH is 1. The van der Waals surface area contributed by atoms with Gasteiger partial charge in [0.1, 0.15) is 5.75 Å². The highest BCUT2D eigenvalue weighted by Gasteiger charge is 2.17. The fourth-order valence-electron chi connectivity index (χ4n) is 1.81. The molecule has 0 aromatic heterocycles. The Balaban J connectivity index is 2.98. The molecule has 0 aliphatic carbocycles. The minimum absolute atomic E-state index is 0.0772. The van der Waals surface area contributed by atoms with Gasteiger partial charge >= 0.3 is 0 Å². The van der Waals surface area contributed by atoms with Gasteiger partial charge in [0.25, 0.3) is 0 Å². The van der Waals surface area contributed by atoms with E-state index in [1.54, 1.807) is 12.1 Å². The number of hydrogen-bond donors (Lipinski definition) is 4. The van der Waals surface area contributed by atoms with Crippen molar-refractivity contribution in [1.29, 1.82) is 0 Å². The number of sulfonamides is 1. The molecule has 1 rings (SSSR count). The Bertz CT molecular complexity index is 579. The number of aromatic hydroxyl groups is 1. The minimum Gasteiger partial charge on any atom is -0.506 e. The fourth-order valence-corrected chi connectivity index (χ4v) is 2.37. The highest BCUT2D eigenvalue weighted by molar-refractivity contribution is 7.92. The molecule has 6 nitrogen and oxygen atoms in total. The third-order valence-corrected chi connectivity index (χ3v) is 3.48. The number of phenolic OH excluding ortho intramolecular Hbond substituents is 1. The van der Waals surface area contributed by atoms with Gasteiger partial charge in [-0.3, -0.25) is 4.72 Å². The van der Waals surface area contributed by atoms with Gasteiger partial charge in [0, 0.05) is 18.0 Å². The van der Waals surface area contributed by atoms with Gasteiger partial charge in [0.15, 0.2) is 0 Å². The van der Waals surface area contributed by atoms with Gasteiger partial charge in [-0.15, -0.1) is 0 Å². The van der Waals surface area contributed by atoms with Gasteiger partial charge < -0.3 is 15.5 Å². The zero-order valence-electron chi connectivity index (χ0n) is 12.8.